The van der Waals surface area contributed by atoms with Crippen LogP contribution in [0.25, 0.3) is 0 Å². The quantitative estimate of drug-likeness (QED) is 0.451. The van der Waals surface area contributed by atoms with Crippen molar-refractivity contribution < 1.29 is 4.74 Å². The molecular weight excluding hydrogens is 238 g/mol. The first-order chi connectivity index (χ1) is 7.77. The SMILES string of the molecule is CCOC(=Nc1ccccc1C)SSCC. The number of hydrogen-bond donors (Lipinski definition) is 0. The lowest BCUT2D eigenvalue weighted by Crippen LogP contribution is -1.97. The maximum absolute atomic E-state index is 5.50. The van der Waals surface area contributed by atoms with Crippen LogP contribution in [0.15, 0.2) is 29.3 Å². The van der Waals surface area contributed by atoms with E-state index in [1.807, 2.05) is 25.1 Å². The average Bonchev–Trinajstić information content (AvgIpc) is 2.29. The second kappa shape index (κ2) is 7.63. The average molecular weight is 255 g/mol. The molecule has 0 atom stereocenters. The minimum absolute atomic E-state index is 0.655. The molecule has 0 aliphatic carbocycles. The van der Waals surface area contributed by atoms with Crippen LogP contribution in [0.5, 0.6) is 0 Å². The van der Waals surface area contributed by atoms with Crippen molar-refractivity contribution in [3.8, 4) is 0 Å². The lowest BCUT2D eigenvalue weighted by Gasteiger charge is -2.06. The van der Waals surface area contributed by atoms with Crippen LogP contribution in [-0.2, 0) is 4.74 Å². The van der Waals surface area contributed by atoms with Crippen molar-refractivity contribution in [2.75, 3.05) is 12.4 Å². The van der Waals surface area contributed by atoms with Crippen LogP contribution in [-0.4, -0.2) is 17.6 Å². The molecule has 1 aromatic carbocycles. The molecule has 4 heteroatoms. The van der Waals surface area contributed by atoms with Gasteiger partial charge < -0.3 is 4.74 Å². The van der Waals surface area contributed by atoms with Crippen LogP contribution >= 0.6 is 21.6 Å². The summed E-state index contributed by atoms with van der Waals surface area (Å²) in [7, 11) is 3.34. The first kappa shape index (κ1) is 13.5. The van der Waals surface area contributed by atoms with E-state index in [2.05, 4.69) is 24.9 Å². The molecule has 0 fully saturated rings. The smallest absolute Gasteiger partial charge is 0.261 e. The summed E-state index contributed by atoms with van der Waals surface area (Å²) in [6.07, 6.45) is 0. The zero-order chi connectivity index (χ0) is 11.8. The van der Waals surface area contributed by atoms with Gasteiger partial charge in [-0.3, -0.25) is 0 Å². The van der Waals surface area contributed by atoms with E-state index in [-0.39, 0.29) is 0 Å². The van der Waals surface area contributed by atoms with Crippen molar-refractivity contribution >= 4 is 32.5 Å². The van der Waals surface area contributed by atoms with E-state index in [1.165, 1.54) is 5.56 Å². The third-order valence-corrected chi connectivity index (χ3v) is 4.04. The predicted molar refractivity (Wildman–Crippen MR) is 75.6 cm³/mol. The van der Waals surface area contributed by atoms with Crippen molar-refractivity contribution in [1.82, 2.24) is 0 Å². The molecule has 0 bridgehead atoms. The van der Waals surface area contributed by atoms with Crippen LogP contribution in [0.3, 0.4) is 0 Å². The molecule has 0 heterocycles. The normalized spacial score (nSPS) is 11.6. The zero-order valence-electron chi connectivity index (χ0n) is 9.90. The summed E-state index contributed by atoms with van der Waals surface area (Å²) in [6, 6.07) is 8.07. The second-order valence-corrected chi connectivity index (χ2v) is 5.62. The predicted octanol–water partition coefficient (Wildman–Crippen LogP) is 4.42. The van der Waals surface area contributed by atoms with Gasteiger partial charge in [-0.2, -0.15) is 0 Å². The summed E-state index contributed by atoms with van der Waals surface area (Å²) in [5.41, 5.74) is 2.15. The van der Waals surface area contributed by atoms with Crippen LogP contribution in [0.2, 0.25) is 0 Å². The number of nitrogens with zero attached hydrogens (tertiary/aromatic N) is 1. The number of para-hydroxylation sites is 1. The number of ether oxygens (including phenoxy) is 1. The number of aryl methyl sites for hydroxylation is 1. The number of rotatable bonds is 4. The minimum atomic E-state index is 0.655. The van der Waals surface area contributed by atoms with Crippen molar-refractivity contribution in [1.29, 1.82) is 0 Å². The fraction of sp³-hybridized carbons (Fsp3) is 0.417. The molecule has 1 aromatic rings. The summed E-state index contributed by atoms with van der Waals surface area (Å²) in [5.74, 6) is 1.05. The lowest BCUT2D eigenvalue weighted by atomic mass is 10.2. The van der Waals surface area contributed by atoms with Gasteiger partial charge in [-0.15, -0.1) is 0 Å². The van der Waals surface area contributed by atoms with Crippen LogP contribution in [0, 0.1) is 6.92 Å². The van der Waals surface area contributed by atoms with E-state index in [1.54, 1.807) is 21.6 Å². The molecule has 2 nitrogen and oxygen atoms in total. The van der Waals surface area contributed by atoms with E-state index in [4.69, 9.17) is 4.74 Å². The molecule has 16 heavy (non-hydrogen) atoms. The molecule has 0 amide bonds. The Balaban J connectivity index is 2.79. The number of hydrogen-bond acceptors (Lipinski definition) is 4. The Morgan fingerprint density at radius 2 is 2.06 bits per heavy atom. The topological polar surface area (TPSA) is 21.6 Å². The van der Waals surface area contributed by atoms with Gasteiger partial charge >= 0.3 is 0 Å². The minimum Gasteiger partial charge on any atom is -0.473 e. The molecule has 0 aromatic heterocycles. The van der Waals surface area contributed by atoms with E-state index in [0.29, 0.717) is 6.61 Å². The molecule has 1 rings (SSSR count). The third kappa shape index (κ3) is 4.49. The molecule has 0 radical (unpaired) electrons. The van der Waals surface area contributed by atoms with E-state index >= 15 is 0 Å². The molecule has 0 N–H and O–H groups in total. The number of aliphatic imine (C=N–C) groups is 1. The second-order valence-electron chi connectivity index (χ2n) is 3.09. The van der Waals surface area contributed by atoms with Gasteiger partial charge in [0.05, 0.1) is 12.3 Å². The van der Waals surface area contributed by atoms with E-state index in [0.717, 1.165) is 16.7 Å². The van der Waals surface area contributed by atoms with E-state index in [9.17, 15) is 0 Å². The Morgan fingerprint density at radius 1 is 1.31 bits per heavy atom. The summed E-state index contributed by atoms with van der Waals surface area (Å²) in [5, 5.41) is 0.739. The monoisotopic (exact) mass is 255 g/mol. The van der Waals surface area contributed by atoms with Gasteiger partial charge in [0.1, 0.15) is 0 Å². The molecular formula is C12H17NOS2. The molecule has 0 aliphatic heterocycles. The highest BCUT2D eigenvalue weighted by Crippen LogP contribution is 2.27. The molecule has 88 valence electrons. The van der Waals surface area contributed by atoms with E-state index < -0.39 is 0 Å². The van der Waals surface area contributed by atoms with Gasteiger partial charge in [0, 0.05) is 16.5 Å². The molecule has 0 aliphatic rings. The fourth-order valence-electron chi connectivity index (χ4n) is 1.09. The molecule has 0 saturated heterocycles. The Labute approximate surface area is 105 Å². The van der Waals surface area contributed by atoms with Gasteiger partial charge in [0.2, 0.25) is 0 Å². The van der Waals surface area contributed by atoms with Gasteiger partial charge in [-0.05, 0) is 25.5 Å². The lowest BCUT2D eigenvalue weighted by molar-refractivity contribution is 0.338. The van der Waals surface area contributed by atoms with Crippen molar-refractivity contribution in [3.63, 3.8) is 0 Å². The molecule has 0 unspecified atom stereocenters. The fourth-order valence-corrected chi connectivity index (χ4v) is 2.53. The highest BCUT2D eigenvalue weighted by atomic mass is 33.1. The summed E-state index contributed by atoms with van der Waals surface area (Å²) in [6.45, 7) is 6.81. The Kier molecular flexibility index (Phi) is 6.42. The summed E-state index contributed by atoms with van der Waals surface area (Å²) >= 11 is 0. The van der Waals surface area contributed by atoms with Crippen LogP contribution < -0.4 is 0 Å². The Bertz CT molecular complexity index is 353. The number of benzene rings is 1. The van der Waals surface area contributed by atoms with Crippen molar-refractivity contribution in [3.05, 3.63) is 29.8 Å². The maximum atomic E-state index is 5.50. The first-order valence-electron chi connectivity index (χ1n) is 5.34. The Morgan fingerprint density at radius 3 is 2.69 bits per heavy atom. The Hall–Kier alpha value is -0.610. The van der Waals surface area contributed by atoms with Crippen LogP contribution in [0.1, 0.15) is 19.4 Å². The summed E-state index contributed by atoms with van der Waals surface area (Å²) < 4.78 is 5.50. The first-order valence-corrected chi connectivity index (χ1v) is 7.66. The van der Waals surface area contributed by atoms with Crippen LogP contribution in [0.4, 0.5) is 5.69 Å². The van der Waals surface area contributed by atoms with Crippen molar-refractivity contribution in [2.45, 2.75) is 20.8 Å². The zero-order valence-corrected chi connectivity index (χ0v) is 11.5. The van der Waals surface area contributed by atoms with Gasteiger partial charge in [0.15, 0.2) is 0 Å². The standard InChI is InChI=1S/C12H17NOS2/c1-4-14-12(16-15-5-2)13-11-9-7-6-8-10(11)3/h6-9H,4-5H2,1-3H3. The molecule has 0 saturated carbocycles. The molecule has 0 spiro atoms. The summed E-state index contributed by atoms with van der Waals surface area (Å²) in [4.78, 5) is 4.52. The van der Waals surface area contributed by atoms with Crippen molar-refractivity contribution in [2.24, 2.45) is 4.99 Å². The largest absolute Gasteiger partial charge is 0.473 e. The van der Waals surface area contributed by atoms with Gasteiger partial charge in [-0.25, -0.2) is 4.99 Å². The third-order valence-electron chi connectivity index (χ3n) is 1.84. The van der Waals surface area contributed by atoms with Gasteiger partial charge in [-0.1, -0.05) is 35.9 Å². The van der Waals surface area contributed by atoms with Gasteiger partial charge in [0.25, 0.3) is 5.23 Å². The highest BCUT2D eigenvalue weighted by molar-refractivity contribution is 8.82. The highest BCUT2D eigenvalue weighted by Gasteiger charge is 2.03. The maximum Gasteiger partial charge on any atom is 0.261 e.